The molecule has 1 aliphatic carbocycles. The Bertz CT molecular complexity index is 769. The highest BCUT2D eigenvalue weighted by atomic mass is 35.5. The Morgan fingerprint density at radius 1 is 1.21 bits per heavy atom. The van der Waals surface area contributed by atoms with Gasteiger partial charge in [0.1, 0.15) is 5.02 Å². The number of nitrogens with zero attached hydrogens (tertiary/aromatic N) is 3. The predicted molar refractivity (Wildman–Crippen MR) is 99.3 cm³/mol. The van der Waals surface area contributed by atoms with Crippen molar-refractivity contribution >= 4 is 28.9 Å². The zero-order valence-electron chi connectivity index (χ0n) is 13.7. The van der Waals surface area contributed by atoms with Crippen LogP contribution in [-0.2, 0) is 6.54 Å². The van der Waals surface area contributed by atoms with Gasteiger partial charge in [0.05, 0.1) is 18.4 Å². The van der Waals surface area contributed by atoms with E-state index in [1.165, 1.54) is 23.9 Å². The van der Waals surface area contributed by atoms with E-state index >= 15 is 0 Å². The lowest BCUT2D eigenvalue weighted by molar-refractivity contribution is 0.427. The lowest BCUT2D eigenvalue weighted by Gasteiger charge is -2.33. The molecule has 0 amide bonds. The Labute approximate surface area is 152 Å². The van der Waals surface area contributed by atoms with E-state index in [1.54, 1.807) is 12.3 Å². The van der Waals surface area contributed by atoms with Gasteiger partial charge in [0, 0.05) is 18.1 Å². The lowest BCUT2D eigenvalue weighted by Crippen LogP contribution is -2.35. The van der Waals surface area contributed by atoms with Crippen LogP contribution in [0.2, 0.25) is 10.0 Å². The minimum atomic E-state index is -0.281. The highest BCUT2D eigenvalue weighted by Crippen LogP contribution is 2.28. The van der Waals surface area contributed by atoms with Crippen molar-refractivity contribution in [2.24, 2.45) is 0 Å². The second-order valence-electron chi connectivity index (χ2n) is 6.30. The summed E-state index contributed by atoms with van der Waals surface area (Å²) in [6, 6.07) is 7.86. The van der Waals surface area contributed by atoms with E-state index in [4.69, 9.17) is 23.2 Å². The van der Waals surface area contributed by atoms with Crippen LogP contribution >= 0.6 is 23.2 Å². The molecule has 4 nitrogen and oxygen atoms in total. The maximum Gasteiger partial charge on any atom is 0.287 e. The van der Waals surface area contributed by atoms with Crippen LogP contribution in [0, 0.1) is 0 Å². The van der Waals surface area contributed by atoms with Gasteiger partial charge >= 0.3 is 0 Å². The molecule has 2 aromatic rings. The highest BCUT2D eigenvalue weighted by molar-refractivity contribution is 6.33. The first-order chi connectivity index (χ1) is 11.6. The van der Waals surface area contributed by atoms with Gasteiger partial charge in [-0.05, 0) is 24.5 Å². The van der Waals surface area contributed by atoms with Crippen molar-refractivity contribution in [1.29, 1.82) is 0 Å². The maximum atomic E-state index is 12.6. The number of hydrogen-bond donors (Lipinski definition) is 0. The molecule has 0 spiro atoms. The van der Waals surface area contributed by atoms with Crippen molar-refractivity contribution in [1.82, 2.24) is 9.78 Å². The third-order valence-electron chi connectivity index (χ3n) is 4.75. The van der Waals surface area contributed by atoms with E-state index in [0.29, 0.717) is 23.3 Å². The van der Waals surface area contributed by atoms with Crippen molar-refractivity contribution < 1.29 is 0 Å². The summed E-state index contributed by atoms with van der Waals surface area (Å²) in [4.78, 5) is 14.7. The fourth-order valence-corrected chi connectivity index (χ4v) is 3.74. The molecule has 3 rings (SSSR count). The molecule has 1 saturated carbocycles. The summed E-state index contributed by atoms with van der Waals surface area (Å²) in [7, 11) is 2.00. The number of hydrogen-bond acceptors (Lipinski definition) is 3. The van der Waals surface area contributed by atoms with Gasteiger partial charge in [0.15, 0.2) is 0 Å². The van der Waals surface area contributed by atoms with Crippen molar-refractivity contribution in [3.05, 3.63) is 56.4 Å². The SMILES string of the molecule is CN(c1cnn(Cc2ccccc2Cl)c(=O)c1Cl)C1CCCCC1. The normalized spacial score (nSPS) is 15.5. The van der Waals surface area contributed by atoms with Gasteiger partial charge in [-0.3, -0.25) is 4.79 Å². The standard InChI is InChI=1S/C18H21Cl2N3O/c1-22(14-8-3-2-4-9-14)16-11-21-23(18(24)17(16)20)12-13-7-5-6-10-15(13)19/h5-7,10-11,14H,2-4,8-9,12H2,1H3. The molecule has 1 aromatic heterocycles. The molecule has 0 aliphatic heterocycles. The molecule has 1 aliphatic rings. The lowest BCUT2D eigenvalue weighted by atomic mass is 9.94. The fourth-order valence-electron chi connectivity index (χ4n) is 3.27. The minimum Gasteiger partial charge on any atom is -0.369 e. The molecule has 0 N–H and O–H groups in total. The topological polar surface area (TPSA) is 38.1 Å². The van der Waals surface area contributed by atoms with Crippen LogP contribution < -0.4 is 10.5 Å². The van der Waals surface area contributed by atoms with Crippen LogP contribution in [-0.4, -0.2) is 22.9 Å². The number of rotatable bonds is 4. The van der Waals surface area contributed by atoms with E-state index in [9.17, 15) is 4.79 Å². The van der Waals surface area contributed by atoms with Crippen LogP contribution in [0.3, 0.4) is 0 Å². The predicted octanol–water partition coefficient (Wildman–Crippen LogP) is 4.37. The largest absolute Gasteiger partial charge is 0.369 e. The van der Waals surface area contributed by atoms with Gasteiger partial charge in [-0.25, -0.2) is 4.68 Å². The third kappa shape index (κ3) is 3.60. The molecule has 0 bridgehead atoms. The molecule has 1 aromatic carbocycles. The highest BCUT2D eigenvalue weighted by Gasteiger charge is 2.22. The molecule has 0 saturated heterocycles. The monoisotopic (exact) mass is 365 g/mol. The zero-order valence-corrected chi connectivity index (χ0v) is 15.2. The minimum absolute atomic E-state index is 0.227. The molecule has 0 unspecified atom stereocenters. The van der Waals surface area contributed by atoms with Crippen LogP contribution in [0.1, 0.15) is 37.7 Å². The van der Waals surface area contributed by atoms with Crippen LogP contribution in [0.25, 0.3) is 0 Å². The van der Waals surface area contributed by atoms with E-state index in [1.807, 2.05) is 25.2 Å². The quantitative estimate of drug-likeness (QED) is 0.807. The first kappa shape index (κ1) is 17.3. The van der Waals surface area contributed by atoms with Gasteiger partial charge in [-0.2, -0.15) is 5.10 Å². The summed E-state index contributed by atoms with van der Waals surface area (Å²) >= 11 is 12.5. The fraction of sp³-hybridized carbons (Fsp3) is 0.444. The number of benzene rings is 1. The average Bonchev–Trinajstić information content (AvgIpc) is 2.61. The Morgan fingerprint density at radius 3 is 2.62 bits per heavy atom. The summed E-state index contributed by atoms with van der Waals surface area (Å²) in [6.45, 7) is 0.311. The Balaban J connectivity index is 1.86. The van der Waals surface area contributed by atoms with E-state index < -0.39 is 0 Å². The molecule has 0 atom stereocenters. The first-order valence-corrected chi connectivity index (χ1v) is 9.05. The van der Waals surface area contributed by atoms with E-state index in [-0.39, 0.29) is 10.6 Å². The van der Waals surface area contributed by atoms with Gasteiger partial charge in [-0.15, -0.1) is 0 Å². The molecule has 1 fully saturated rings. The number of halogens is 2. The zero-order chi connectivity index (χ0) is 17.1. The van der Waals surface area contributed by atoms with E-state index in [0.717, 1.165) is 18.4 Å². The van der Waals surface area contributed by atoms with Gasteiger partial charge < -0.3 is 4.90 Å². The first-order valence-electron chi connectivity index (χ1n) is 8.30. The van der Waals surface area contributed by atoms with Crippen LogP contribution in [0.5, 0.6) is 0 Å². The van der Waals surface area contributed by atoms with Gasteiger partial charge in [0.2, 0.25) is 0 Å². The molecule has 0 radical (unpaired) electrons. The van der Waals surface area contributed by atoms with Crippen LogP contribution in [0.4, 0.5) is 5.69 Å². The number of anilines is 1. The second-order valence-corrected chi connectivity index (χ2v) is 7.09. The van der Waals surface area contributed by atoms with Crippen molar-refractivity contribution in [3.63, 3.8) is 0 Å². The van der Waals surface area contributed by atoms with Crippen molar-refractivity contribution in [2.75, 3.05) is 11.9 Å². The smallest absolute Gasteiger partial charge is 0.287 e. The Morgan fingerprint density at radius 2 is 1.92 bits per heavy atom. The van der Waals surface area contributed by atoms with Gasteiger partial charge in [0.25, 0.3) is 5.56 Å². The van der Waals surface area contributed by atoms with E-state index in [2.05, 4.69) is 10.00 Å². The second kappa shape index (κ2) is 7.58. The average molecular weight is 366 g/mol. The summed E-state index contributed by atoms with van der Waals surface area (Å²) in [5.74, 6) is 0. The summed E-state index contributed by atoms with van der Waals surface area (Å²) < 4.78 is 1.36. The maximum absolute atomic E-state index is 12.6. The molecule has 24 heavy (non-hydrogen) atoms. The Kier molecular flexibility index (Phi) is 5.47. The number of aromatic nitrogens is 2. The van der Waals surface area contributed by atoms with Crippen LogP contribution in [0.15, 0.2) is 35.3 Å². The molecule has 128 valence electrons. The molecule has 6 heteroatoms. The summed E-state index contributed by atoms with van der Waals surface area (Å²) in [5.41, 5.74) is 1.28. The third-order valence-corrected chi connectivity index (χ3v) is 5.47. The van der Waals surface area contributed by atoms with Gasteiger partial charge in [-0.1, -0.05) is 60.7 Å². The van der Waals surface area contributed by atoms with Crippen molar-refractivity contribution in [3.8, 4) is 0 Å². The molecule has 1 heterocycles. The summed E-state index contributed by atoms with van der Waals surface area (Å²) in [6.07, 6.45) is 7.70. The van der Waals surface area contributed by atoms with Crippen molar-refractivity contribution in [2.45, 2.75) is 44.7 Å². The molecular weight excluding hydrogens is 345 g/mol. The Hall–Kier alpha value is -1.52. The molecular formula is C18H21Cl2N3O. The summed E-state index contributed by atoms with van der Waals surface area (Å²) in [5, 5.41) is 5.15.